The van der Waals surface area contributed by atoms with Crippen LogP contribution in [0.1, 0.15) is 5.56 Å². The van der Waals surface area contributed by atoms with Gasteiger partial charge in [-0.2, -0.15) is 5.26 Å². The third-order valence-electron chi connectivity index (χ3n) is 3.20. The number of carbonyl (C=O) groups excluding carboxylic acids is 1. The van der Waals surface area contributed by atoms with Crippen molar-refractivity contribution < 1.29 is 18.0 Å². The highest BCUT2D eigenvalue weighted by Gasteiger charge is 2.14. The zero-order chi connectivity index (χ0) is 18.6. The number of anilines is 2. The number of nitrogens with zero attached hydrogens (tertiary/aromatic N) is 1. The van der Waals surface area contributed by atoms with Gasteiger partial charge in [0.25, 0.3) is 5.91 Å². The molecule has 0 bridgehead atoms. The molecule has 0 saturated carbocycles. The van der Waals surface area contributed by atoms with Gasteiger partial charge in [0.2, 0.25) is 0 Å². The Hall–Kier alpha value is -2.98. The molecule has 25 heavy (non-hydrogen) atoms. The van der Waals surface area contributed by atoms with Crippen LogP contribution in [-0.2, 0) is 4.79 Å². The molecule has 0 aliphatic rings. The fourth-order valence-electron chi connectivity index (χ4n) is 1.80. The lowest BCUT2D eigenvalue weighted by Gasteiger charge is -2.07. The fraction of sp³-hybridized carbons (Fsp3) is 0.0588. The van der Waals surface area contributed by atoms with Gasteiger partial charge in [-0.1, -0.05) is 17.7 Å². The van der Waals surface area contributed by atoms with Crippen LogP contribution in [0.25, 0.3) is 0 Å². The van der Waals surface area contributed by atoms with E-state index in [1.165, 1.54) is 6.07 Å². The highest BCUT2D eigenvalue weighted by Crippen LogP contribution is 2.21. The largest absolute Gasteiger partial charge is 0.358 e. The minimum absolute atomic E-state index is 0.362. The maximum absolute atomic E-state index is 13.5. The van der Waals surface area contributed by atoms with Crippen LogP contribution in [0, 0.1) is 35.7 Å². The molecule has 0 fully saturated rings. The smallest absolute Gasteiger partial charge is 0.267 e. The summed E-state index contributed by atoms with van der Waals surface area (Å²) in [7, 11) is 0. The van der Waals surface area contributed by atoms with Gasteiger partial charge in [-0.05, 0) is 36.8 Å². The number of nitriles is 1. The van der Waals surface area contributed by atoms with Gasteiger partial charge >= 0.3 is 0 Å². The van der Waals surface area contributed by atoms with E-state index in [1.54, 1.807) is 25.1 Å². The van der Waals surface area contributed by atoms with Crippen LogP contribution >= 0.6 is 11.6 Å². The van der Waals surface area contributed by atoms with Crippen LogP contribution in [0.5, 0.6) is 0 Å². The highest BCUT2D eigenvalue weighted by molar-refractivity contribution is 6.31. The van der Waals surface area contributed by atoms with Crippen molar-refractivity contribution in [1.29, 1.82) is 5.26 Å². The quantitative estimate of drug-likeness (QED) is 0.475. The summed E-state index contributed by atoms with van der Waals surface area (Å²) < 4.78 is 39.6. The Morgan fingerprint density at radius 3 is 2.56 bits per heavy atom. The molecule has 0 saturated heterocycles. The molecular formula is C17H11ClF3N3O. The topological polar surface area (TPSA) is 64.9 Å². The van der Waals surface area contributed by atoms with Crippen molar-refractivity contribution in [3.63, 3.8) is 0 Å². The molecular weight excluding hydrogens is 355 g/mol. The lowest BCUT2D eigenvalue weighted by molar-refractivity contribution is -0.112. The summed E-state index contributed by atoms with van der Waals surface area (Å²) in [6, 6.07) is 8.07. The average molecular weight is 366 g/mol. The number of rotatable bonds is 4. The van der Waals surface area contributed by atoms with Gasteiger partial charge in [-0.25, -0.2) is 13.2 Å². The first-order valence-electron chi connectivity index (χ1n) is 6.91. The number of hydrogen-bond donors (Lipinski definition) is 2. The van der Waals surface area contributed by atoms with Crippen molar-refractivity contribution in [2.24, 2.45) is 0 Å². The van der Waals surface area contributed by atoms with E-state index in [2.05, 4.69) is 10.6 Å². The molecule has 4 nitrogen and oxygen atoms in total. The maximum atomic E-state index is 13.5. The molecule has 1 amide bonds. The molecule has 128 valence electrons. The molecule has 0 aliphatic heterocycles. The summed E-state index contributed by atoms with van der Waals surface area (Å²) in [6.45, 7) is 1.79. The molecule has 8 heteroatoms. The van der Waals surface area contributed by atoms with E-state index in [4.69, 9.17) is 16.9 Å². The van der Waals surface area contributed by atoms with Crippen LogP contribution in [0.4, 0.5) is 24.5 Å². The first-order chi connectivity index (χ1) is 11.8. The third-order valence-corrected chi connectivity index (χ3v) is 3.61. The van der Waals surface area contributed by atoms with Crippen molar-refractivity contribution in [3.8, 4) is 6.07 Å². The Labute approximate surface area is 146 Å². The number of nitrogens with one attached hydrogen (secondary N) is 2. The maximum Gasteiger partial charge on any atom is 0.267 e. The van der Waals surface area contributed by atoms with E-state index in [-0.39, 0.29) is 0 Å². The van der Waals surface area contributed by atoms with Crippen molar-refractivity contribution in [2.75, 3.05) is 10.6 Å². The molecule has 2 rings (SSSR count). The Bertz CT molecular complexity index is 907. The second-order valence-electron chi connectivity index (χ2n) is 4.96. The summed E-state index contributed by atoms with van der Waals surface area (Å²) in [4.78, 5) is 12.1. The molecule has 0 heterocycles. The molecule has 0 radical (unpaired) electrons. The van der Waals surface area contributed by atoms with Gasteiger partial charge in [0.1, 0.15) is 11.6 Å². The summed E-state index contributed by atoms with van der Waals surface area (Å²) in [5, 5.41) is 14.2. The Kier molecular flexibility index (Phi) is 5.67. The number of benzene rings is 2. The molecule has 2 aromatic rings. The summed E-state index contributed by atoms with van der Waals surface area (Å²) in [6.07, 6.45) is 0.890. The monoisotopic (exact) mass is 365 g/mol. The standard InChI is InChI=1S/C17H11ClF3N3O/c1-9-2-3-11(6-12(9)18)24-17(25)10(7-22)8-23-14-5-4-13(19)15(20)16(14)21/h2-6,8,23H,1H3,(H,24,25)/b10-8-. The zero-order valence-corrected chi connectivity index (χ0v) is 13.6. The molecule has 0 unspecified atom stereocenters. The molecule has 0 aromatic heterocycles. The van der Waals surface area contributed by atoms with Crippen LogP contribution in [0.2, 0.25) is 5.02 Å². The predicted molar refractivity (Wildman–Crippen MR) is 88.5 cm³/mol. The van der Waals surface area contributed by atoms with Gasteiger partial charge < -0.3 is 10.6 Å². The van der Waals surface area contributed by atoms with Crippen LogP contribution in [-0.4, -0.2) is 5.91 Å². The van der Waals surface area contributed by atoms with E-state index in [0.29, 0.717) is 10.7 Å². The molecule has 0 atom stereocenters. The normalized spacial score (nSPS) is 11.0. The Morgan fingerprint density at radius 1 is 1.20 bits per heavy atom. The predicted octanol–water partition coefficient (Wildman–Crippen LogP) is 4.52. The van der Waals surface area contributed by atoms with Gasteiger partial charge in [0.15, 0.2) is 17.5 Å². The minimum Gasteiger partial charge on any atom is -0.358 e. The second-order valence-corrected chi connectivity index (χ2v) is 5.36. The van der Waals surface area contributed by atoms with Gasteiger partial charge in [-0.15, -0.1) is 0 Å². The zero-order valence-electron chi connectivity index (χ0n) is 12.8. The van der Waals surface area contributed by atoms with Crippen molar-refractivity contribution in [1.82, 2.24) is 0 Å². The van der Waals surface area contributed by atoms with E-state index in [0.717, 1.165) is 23.9 Å². The number of carbonyl (C=O) groups is 1. The second kappa shape index (κ2) is 7.73. The molecule has 0 spiro atoms. The minimum atomic E-state index is -1.66. The van der Waals surface area contributed by atoms with Crippen LogP contribution in [0.15, 0.2) is 42.1 Å². The van der Waals surface area contributed by atoms with Gasteiger partial charge in [0, 0.05) is 16.9 Å². The number of halogens is 4. The number of aryl methyl sites for hydroxylation is 1. The summed E-state index contributed by atoms with van der Waals surface area (Å²) >= 11 is 5.95. The van der Waals surface area contributed by atoms with Gasteiger partial charge in [0.05, 0.1) is 5.69 Å². The fourth-order valence-corrected chi connectivity index (χ4v) is 1.99. The summed E-state index contributed by atoms with van der Waals surface area (Å²) in [5.41, 5.74) is 0.352. The molecule has 2 aromatic carbocycles. The van der Waals surface area contributed by atoms with E-state index >= 15 is 0 Å². The van der Waals surface area contributed by atoms with Crippen molar-refractivity contribution >= 4 is 28.9 Å². The lowest BCUT2D eigenvalue weighted by Crippen LogP contribution is -2.14. The Balaban J connectivity index is 2.17. The third kappa shape index (κ3) is 4.31. The van der Waals surface area contributed by atoms with Crippen LogP contribution in [0.3, 0.4) is 0 Å². The number of amides is 1. The first kappa shape index (κ1) is 18.4. The van der Waals surface area contributed by atoms with Gasteiger partial charge in [-0.3, -0.25) is 4.79 Å². The first-order valence-corrected chi connectivity index (χ1v) is 7.29. The average Bonchev–Trinajstić information content (AvgIpc) is 2.58. The van der Waals surface area contributed by atoms with E-state index < -0.39 is 34.6 Å². The molecule has 0 aliphatic carbocycles. The summed E-state index contributed by atoms with van der Waals surface area (Å²) in [5.74, 6) is -5.24. The lowest BCUT2D eigenvalue weighted by atomic mass is 10.2. The molecule has 2 N–H and O–H groups in total. The van der Waals surface area contributed by atoms with Crippen molar-refractivity contribution in [3.05, 3.63) is 70.1 Å². The van der Waals surface area contributed by atoms with Crippen molar-refractivity contribution in [2.45, 2.75) is 6.92 Å². The SMILES string of the molecule is Cc1ccc(NC(=O)/C(C#N)=C\Nc2ccc(F)c(F)c2F)cc1Cl. The highest BCUT2D eigenvalue weighted by atomic mass is 35.5. The van der Waals surface area contributed by atoms with Crippen LogP contribution < -0.4 is 10.6 Å². The van der Waals surface area contributed by atoms with E-state index in [1.807, 2.05) is 0 Å². The Morgan fingerprint density at radius 2 is 1.92 bits per heavy atom. The van der Waals surface area contributed by atoms with E-state index in [9.17, 15) is 18.0 Å². The number of hydrogen-bond acceptors (Lipinski definition) is 3.